The first-order chi connectivity index (χ1) is 12.2. The molecule has 27 heavy (non-hydrogen) atoms. The highest BCUT2D eigenvalue weighted by atomic mass is 16.1. The third kappa shape index (κ3) is 6.62. The molecule has 0 heterocycles. The van der Waals surface area contributed by atoms with E-state index in [2.05, 4.69) is 46.6 Å². The Morgan fingerprint density at radius 1 is 0.889 bits per heavy atom. The van der Waals surface area contributed by atoms with Crippen LogP contribution in [0.3, 0.4) is 0 Å². The molecule has 0 amide bonds. The van der Waals surface area contributed by atoms with Crippen molar-refractivity contribution in [2.24, 2.45) is 5.92 Å². The zero-order chi connectivity index (χ0) is 21.6. The second kappa shape index (κ2) is 10.4. The van der Waals surface area contributed by atoms with Crippen molar-refractivity contribution in [3.05, 3.63) is 45.7 Å². The van der Waals surface area contributed by atoms with Crippen molar-refractivity contribution >= 4 is 11.6 Å². The Morgan fingerprint density at radius 3 is 1.70 bits per heavy atom. The number of rotatable bonds is 5. The van der Waals surface area contributed by atoms with Gasteiger partial charge in [0.15, 0.2) is 11.6 Å². The van der Waals surface area contributed by atoms with Gasteiger partial charge in [0.05, 0.1) is 0 Å². The Balaban J connectivity index is 0.000000503. The van der Waals surface area contributed by atoms with Crippen molar-refractivity contribution in [1.82, 2.24) is 10.4 Å². The summed E-state index contributed by atoms with van der Waals surface area (Å²) in [6.07, 6.45) is 0. The zero-order valence-electron chi connectivity index (χ0n) is 19.1. The fourth-order valence-electron chi connectivity index (χ4n) is 2.82. The first-order valence-corrected chi connectivity index (χ1v) is 9.54. The van der Waals surface area contributed by atoms with Gasteiger partial charge in [-0.2, -0.15) is 0 Å². The monoisotopic (exact) mass is 374 g/mol. The summed E-state index contributed by atoms with van der Waals surface area (Å²) in [5.74, 6) is 0.176. The van der Waals surface area contributed by atoms with Crippen molar-refractivity contribution in [2.75, 3.05) is 7.05 Å². The molecule has 0 aromatic heterocycles. The van der Waals surface area contributed by atoms with Crippen molar-refractivity contribution < 1.29 is 9.59 Å². The third-order valence-corrected chi connectivity index (χ3v) is 4.85. The van der Waals surface area contributed by atoms with Gasteiger partial charge in [-0.15, -0.1) is 0 Å². The number of allylic oxidation sites excluding steroid dienone is 6. The van der Waals surface area contributed by atoms with Gasteiger partial charge in [-0.3, -0.25) is 9.59 Å². The number of carbonyl (C=O) groups excluding carboxylic acids is 2. The molecular formula is C23H38N2O2. The average molecular weight is 375 g/mol. The van der Waals surface area contributed by atoms with E-state index in [1.54, 1.807) is 20.8 Å². The molecule has 0 atom stereocenters. The molecular weight excluding hydrogens is 336 g/mol. The highest BCUT2D eigenvalue weighted by Gasteiger charge is 2.28. The van der Waals surface area contributed by atoms with Crippen LogP contribution in [0.25, 0.3) is 0 Å². The first kappa shape index (κ1) is 25.1. The van der Waals surface area contributed by atoms with Crippen LogP contribution < -0.4 is 5.43 Å². The van der Waals surface area contributed by atoms with E-state index in [0.29, 0.717) is 28.3 Å². The van der Waals surface area contributed by atoms with Gasteiger partial charge in [0.2, 0.25) is 0 Å². The van der Waals surface area contributed by atoms with E-state index >= 15 is 0 Å². The van der Waals surface area contributed by atoms with Crippen LogP contribution in [0.15, 0.2) is 45.7 Å². The summed E-state index contributed by atoms with van der Waals surface area (Å²) in [6.45, 7) is 23.6. The summed E-state index contributed by atoms with van der Waals surface area (Å²) >= 11 is 0. The number of nitrogens with one attached hydrogen (secondary N) is 1. The van der Waals surface area contributed by atoms with E-state index in [1.807, 2.05) is 25.9 Å². The van der Waals surface area contributed by atoms with Crippen LogP contribution in [0, 0.1) is 5.92 Å². The van der Waals surface area contributed by atoms with Gasteiger partial charge in [-0.1, -0.05) is 26.0 Å². The maximum Gasteiger partial charge on any atom is 0.185 e. The van der Waals surface area contributed by atoms with Gasteiger partial charge in [0.1, 0.15) is 0 Å². The van der Waals surface area contributed by atoms with Crippen molar-refractivity contribution in [1.29, 1.82) is 0 Å². The molecule has 1 N–H and O–H groups in total. The predicted molar refractivity (Wildman–Crippen MR) is 115 cm³/mol. The quantitative estimate of drug-likeness (QED) is 0.411. The summed E-state index contributed by atoms with van der Waals surface area (Å²) in [5.41, 5.74) is 9.36. The average Bonchev–Trinajstić information content (AvgIpc) is 2.56. The molecule has 4 heteroatoms. The molecule has 0 saturated heterocycles. The predicted octanol–water partition coefficient (Wildman–Crippen LogP) is 5.15. The molecule has 1 rings (SSSR count). The van der Waals surface area contributed by atoms with Crippen molar-refractivity contribution in [2.45, 2.75) is 75.3 Å². The first-order valence-electron chi connectivity index (χ1n) is 9.54. The Kier molecular flexibility index (Phi) is 9.66. The molecule has 0 unspecified atom stereocenters. The van der Waals surface area contributed by atoms with Gasteiger partial charge in [0, 0.05) is 41.1 Å². The van der Waals surface area contributed by atoms with Gasteiger partial charge in [-0.25, -0.2) is 5.43 Å². The molecule has 0 bridgehead atoms. The smallest absolute Gasteiger partial charge is 0.185 e. The topological polar surface area (TPSA) is 49.4 Å². The maximum absolute atomic E-state index is 11.9. The molecule has 1 aliphatic carbocycles. The van der Waals surface area contributed by atoms with Gasteiger partial charge >= 0.3 is 0 Å². The lowest BCUT2D eigenvalue weighted by molar-refractivity contribution is -0.116. The van der Waals surface area contributed by atoms with E-state index in [9.17, 15) is 9.59 Å². The van der Waals surface area contributed by atoms with Crippen LogP contribution in [0.5, 0.6) is 0 Å². The molecule has 0 aromatic carbocycles. The molecule has 152 valence electrons. The van der Waals surface area contributed by atoms with Gasteiger partial charge < -0.3 is 5.01 Å². The number of hydrazine groups is 1. The summed E-state index contributed by atoms with van der Waals surface area (Å²) in [4.78, 5) is 23.6. The molecule has 0 fully saturated rings. The lowest BCUT2D eigenvalue weighted by Crippen LogP contribution is -2.38. The second-order valence-electron chi connectivity index (χ2n) is 8.02. The fourth-order valence-corrected chi connectivity index (χ4v) is 2.82. The van der Waals surface area contributed by atoms with Gasteiger partial charge in [0.25, 0.3) is 0 Å². The van der Waals surface area contributed by atoms with Crippen LogP contribution in [-0.2, 0) is 9.59 Å². The molecule has 0 aromatic rings. The van der Waals surface area contributed by atoms with Crippen LogP contribution in [-0.4, -0.2) is 29.7 Å². The minimum Gasteiger partial charge on any atom is -0.312 e. The SMILES string of the molecule is C=C(C(C)=C(C)C)N(C)NC(C)C.CC1=C(C)C(=O)C(C(C)C)=C(C)C1=O. The minimum absolute atomic E-state index is 0.0193. The van der Waals surface area contributed by atoms with E-state index in [0.717, 1.165) is 5.70 Å². The van der Waals surface area contributed by atoms with Crippen LogP contribution >= 0.6 is 0 Å². The number of Topliss-reactive ketones (excluding diaryl/α,β-unsaturated/α-hetero) is 2. The van der Waals surface area contributed by atoms with E-state index < -0.39 is 0 Å². The van der Waals surface area contributed by atoms with E-state index in [1.165, 1.54) is 11.1 Å². The summed E-state index contributed by atoms with van der Waals surface area (Å²) in [5, 5.41) is 1.98. The summed E-state index contributed by atoms with van der Waals surface area (Å²) < 4.78 is 0. The third-order valence-electron chi connectivity index (χ3n) is 4.85. The van der Waals surface area contributed by atoms with Crippen LogP contribution in [0.2, 0.25) is 0 Å². The standard InChI is InChI=1S/C12H16O2.C11H22N2/c1-6(2)10-9(5)11(13)7(3)8(4)12(10)14;1-8(2)10(5)11(6)13(7)12-9(3)4/h6H,1-5H3;9,12H,6H2,1-5,7H3. The Morgan fingerprint density at radius 2 is 1.33 bits per heavy atom. The normalized spacial score (nSPS) is 14.6. The Labute approximate surface area is 166 Å². The highest BCUT2D eigenvalue weighted by Crippen LogP contribution is 2.28. The van der Waals surface area contributed by atoms with E-state index in [4.69, 9.17) is 0 Å². The minimum atomic E-state index is 0.0193. The fraction of sp³-hybridized carbons (Fsp3) is 0.565. The highest BCUT2D eigenvalue weighted by molar-refractivity contribution is 6.24. The largest absolute Gasteiger partial charge is 0.312 e. The van der Waals surface area contributed by atoms with Gasteiger partial charge in [-0.05, 0) is 66.9 Å². The Bertz CT molecular complexity index is 700. The molecule has 0 saturated carbocycles. The number of nitrogens with zero attached hydrogens (tertiary/aromatic N) is 1. The number of likely N-dealkylation sites (N-methyl/N-ethyl adjacent to an activating group) is 1. The second-order valence-corrected chi connectivity index (χ2v) is 8.02. The number of hydrogen-bond donors (Lipinski definition) is 1. The zero-order valence-corrected chi connectivity index (χ0v) is 19.1. The molecule has 1 aliphatic rings. The lowest BCUT2D eigenvalue weighted by Gasteiger charge is -2.26. The van der Waals surface area contributed by atoms with Crippen molar-refractivity contribution in [3.63, 3.8) is 0 Å². The maximum atomic E-state index is 11.9. The Hall–Kier alpha value is -1.94. The lowest BCUT2D eigenvalue weighted by atomic mass is 9.81. The summed E-state index contributed by atoms with van der Waals surface area (Å²) in [6, 6.07) is 0.437. The van der Waals surface area contributed by atoms with Crippen LogP contribution in [0.4, 0.5) is 0 Å². The molecule has 4 nitrogen and oxygen atoms in total. The molecule has 0 aliphatic heterocycles. The molecule has 0 spiro atoms. The number of hydrogen-bond acceptors (Lipinski definition) is 4. The van der Waals surface area contributed by atoms with E-state index in [-0.39, 0.29) is 17.5 Å². The summed E-state index contributed by atoms with van der Waals surface area (Å²) in [7, 11) is 1.99. The van der Waals surface area contributed by atoms with Crippen molar-refractivity contribution in [3.8, 4) is 0 Å². The number of ketones is 2. The molecule has 0 radical (unpaired) electrons. The van der Waals surface area contributed by atoms with Crippen LogP contribution in [0.1, 0.15) is 69.2 Å². The number of carbonyl (C=O) groups is 2.